The first-order valence-corrected chi connectivity index (χ1v) is 5.63. The highest BCUT2D eigenvalue weighted by Crippen LogP contribution is 2.14. The van der Waals surface area contributed by atoms with E-state index < -0.39 is 6.10 Å². The zero-order valence-corrected chi connectivity index (χ0v) is 10.6. The van der Waals surface area contributed by atoms with Gasteiger partial charge in [0.05, 0.1) is 12.1 Å². The number of rotatable bonds is 3. The van der Waals surface area contributed by atoms with Crippen LogP contribution in [0.2, 0.25) is 0 Å². The van der Waals surface area contributed by atoms with E-state index in [1.165, 1.54) is 11.0 Å². The molecule has 0 saturated heterocycles. The van der Waals surface area contributed by atoms with E-state index in [4.69, 9.17) is 0 Å². The molecule has 1 rings (SSSR count). The topological polar surface area (TPSA) is 60.0 Å². The van der Waals surface area contributed by atoms with E-state index in [0.29, 0.717) is 6.42 Å². The van der Waals surface area contributed by atoms with Gasteiger partial charge in [-0.3, -0.25) is 4.57 Å². The van der Waals surface area contributed by atoms with E-state index in [9.17, 15) is 9.90 Å². The molecule has 1 aromatic heterocycles. The van der Waals surface area contributed by atoms with Crippen molar-refractivity contribution in [3.63, 3.8) is 0 Å². The minimum absolute atomic E-state index is 0.166. The van der Waals surface area contributed by atoms with Crippen molar-refractivity contribution in [2.24, 2.45) is 0 Å². The van der Waals surface area contributed by atoms with Crippen LogP contribution >= 0.6 is 0 Å². The SMILES string of the molecule is CC[C@@H]([C@@H](C)O)n1ncn(C(C)(C)C)c1=O. The summed E-state index contributed by atoms with van der Waals surface area (Å²) in [5.41, 5.74) is -0.452. The first-order valence-electron chi connectivity index (χ1n) is 5.63. The zero-order valence-electron chi connectivity index (χ0n) is 10.6. The smallest absolute Gasteiger partial charge is 0.346 e. The highest BCUT2D eigenvalue weighted by Gasteiger charge is 2.23. The molecule has 5 nitrogen and oxygen atoms in total. The summed E-state index contributed by atoms with van der Waals surface area (Å²) >= 11 is 0. The minimum atomic E-state index is -0.578. The lowest BCUT2D eigenvalue weighted by Gasteiger charge is -2.20. The second-order valence-corrected chi connectivity index (χ2v) is 5.12. The first kappa shape index (κ1) is 13.0. The van der Waals surface area contributed by atoms with E-state index in [2.05, 4.69) is 5.10 Å². The zero-order chi connectivity index (χ0) is 12.5. The summed E-state index contributed by atoms with van der Waals surface area (Å²) in [6, 6.07) is -0.254. The van der Waals surface area contributed by atoms with Crippen LogP contribution in [-0.2, 0) is 5.54 Å². The molecule has 0 amide bonds. The predicted octanol–water partition coefficient (Wildman–Crippen LogP) is 1.13. The van der Waals surface area contributed by atoms with E-state index in [0.717, 1.165) is 0 Å². The average molecular weight is 227 g/mol. The number of hydrogen-bond donors (Lipinski definition) is 1. The van der Waals surface area contributed by atoms with Crippen LogP contribution in [0.3, 0.4) is 0 Å². The fraction of sp³-hybridized carbons (Fsp3) is 0.818. The molecule has 0 radical (unpaired) electrons. The van der Waals surface area contributed by atoms with Gasteiger partial charge in [-0.15, -0.1) is 0 Å². The number of nitrogens with zero attached hydrogens (tertiary/aromatic N) is 3. The highest BCUT2D eigenvalue weighted by molar-refractivity contribution is 4.83. The predicted molar refractivity (Wildman–Crippen MR) is 62.5 cm³/mol. The van der Waals surface area contributed by atoms with Crippen LogP contribution in [0.1, 0.15) is 47.1 Å². The molecule has 0 aromatic carbocycles. The summed E-state index contributed by atoms with van der Waals surface area (Å²) in [4.78, 5) is 12.1. The van der Waals surface area contributed by atoms with Gasteiger partial charge in [-0.1, -0.05) is 6.92 Å². The minimum Gasteiger partial charge on any atom is -0.391 e. The lowest BCUT2D eigenvalue weighted by molar-refractivity contribution is 0.117. The van der Waals surface area contributed by atoms with Crippen molar-refractivity contribution >= 4 is 0 Å². The Hall–Kier alpha value is -1.10. The average Bonchev–Trinajstić information content (AvgIpc) is 2.48. The highest BCUT2D eigenvalue weighted by atomic mass is 16.3. The summed E-state index contributed by atoms with van der Waals surface area (Å²) < 4.78 is 2.95. The number of aliphatic hydroxyl groups excluding tert-OH is 1. The maximum Gasteiger partial charge on any atom is 0.346 e. The third-order valence-electron chi connectivity index (χ3n) is 2.71. The van der Waals surface area contributed by atoms with Gasteiger partial charge in [0.15, 0.2) is 0 Å². The molecule has 1 N–H and O–H groups in total. The van der Waals surface area contributed by atoms with Crippen LogP contribution in [0.4, 0.5) is 0 Å². The third-order valence-corrected chi connectivity index (χ3v) is 2.71. The van der Waals surface area contributed by atoms with Crippen LogP contribution in [-0.4, -0.2) is 25.6 Å². The van der Waals surface area contributed by atoms with Crippen LogP contribution in [0.5, 0.6) is 0 Å². The molecule has 0 spiro atoms. The summed E-state index contributed by atoms with van der Waals surface area (Å²) in [7, 11) is 0. The Kier molecular flexibility index (Phi) is 3.57. The van der Waals surface area contributed by atoms with Gasteiger partial charge in [-0.2, -0.15) is 5.10 Å². The molecule has 16 heavy (non-hydrogen) atoms. The van der Waals surface area contributed by atoms with Crippen molar-refractivity contribution in [1.82, 2.24) is 14.3 Å². The second-order valence-electron chi connectivity index (χ2n) is 5.12. The van der Waals surface area contributed by atoms with Crippen LogP contribution in [0.25, 0.3) is 0 Å². The van der Waals surface area contributed by atoms with Gasteiger partial charge in [0.1, 0.15) is 6.33 Å². The largest absolute Gasteiger partial charge is 0.391 e. The van der Waals surface area contributed by atoms with E-state index in [1.54, 1.807) is 11.5 Å². The molecule has 1 heterocycles. The molecule has 0 aliphatic heterocycles. The number of aromatic nitrogens is 3. The second kappa shape index (κ2) is 4.41. The van der Waals surface area contributed by atoms with Crippen molar-refractivity contribution in [3.8, 4) is 0 Å². The summed E-state index contributed by atoms with van der Waals surface area (Å²) in [5.74, 6) is 0. The molecule has 92 valence electrons. The van der Waals surface area contributed by atoms with Gasteiger partial charge in [-0.25, -0.2) is 9.48 Å². The Bertz CT molecular complexity index is 398. The van der Waals surface area contributed by atoms with E-state index in [-0.39, 0.29) is 17.3 Å². The molecule has 0 unspecified atom stereocenters. The molecule has 1 aromatic rings. The van der Waals surface area contributed by atoms with Gasteiger partial charge in [0, 0.05) is 5.54 Å². The van der Waals surface area contributed by atoms with Gasteiger partial charge >= 0.3 is 5.69 Å². The number of hydrogen-bond acceptors (Lipinski definition) is 3. The number of aliphatic hydroxyl groups is 1. The molecule has 0 bridgehead atoms. The third kappa shape index (κ3) is 2.35. The maximum atomic E-state index is 12.1. The molecule has 5 heteroatoms. The van der Waals surface area contributed by atoms with Gasteiger partial charge in [0.2, 0.25) is 0 Å². The Morgan fingerprint density at radius 3 is 2.38 bits per heavy atom. The van der Waals surface area contributed by atoms with Crippen molar-refractivity contribution in [1.29, 1.82) is 0 Å². The fourth-order valence-corrected chi connectivity index (χ4v) is 1.72. The molecule has 0 fully saturated rings. The maximum absolute atomic E-state index is 12.1. The van der Waals surface area contributed by atoms with E-state index in [1.807, 2.05) is 27.7 Å². The van der Waals surface area contributed by atoms with Crippen molar-refractivity contribution in [3.05, 3.63) is 16.8 Å². The summed E-state index contributed by atoms with van der Waals surface area (Å²) in [5, 5.41) is 13.7. The first-order chi connectivity index (χ1) is 7.29. The van der Waals surface area contributed by atoms with Gasteiger partial charge in [-0.05, 0) is 34.1 Å². The molecule has 0 saturated carbocycles. The summed E-state index contributed by atoms with van der Waals surface area (Å²) in [6.07, 6.45) is 1.64. The molecule has 0 aliphatic carbocycles. The van der Waals surface area contributed by atoms with Crippen molar-refractivity contribution in [2.45, 2.75) is 58.7 Å². The Morgan fingerprint density at radius 1 is 1.50 bits per heavy atom. The molecular weight excluding hydrogens is 206 g/mol. The fourth-order valence-electron chi connectivity index (χ4n) is 1.72. The molecule has 2 atom stereocenters. The van der Waals surface area contributed by atoms with Gasteiger partial charge in [0.25, 0.3) is 0 Å². The standard InChI is InChI=1S/C11H21N3O2/c1-6-9(8(2)15)14-10(16)13(7-12-14)11(3,4)5/h7-9,15H,6H2,1-5H3/t8-,9+/m1/s1. The molecule has 0 aliphatic rings. The Morgan fingerprint density at radius 2 is 2.06 bits per heavy atom. The van der Waals surface area contributed by atoms with Crippen molar-refractivity contribution in [2.75, 3.05) is 0 Å². The normalized spacial score (nSPS) is 16.1. The summed E-state index contributed by atoms with van der Waals surface area (Å²) in [6.45, 7) is 9.45. The van der Waals surface area contributed by atoms with Crippen LogP contribution in [0, 0.1) is 0 Å². The van der Waals surface area contributed by atoms with Crippen LogP contribution in [0.15, 0.2) is 11.1 Å². The van der Waals surface area contributed by atoms with Gasteiger partial charge < -0.3 is 5.11 Å². The lowest BCUT2D eigenvalue weighted by atomic mass is 10.1. The van der Waals surface area contributed by atoms with Crippen LogP contribution < -0.4 is 5.69 Å². The quantitative estimate of drug-likeness (QED) is 0.842. The Labute approximate surface area is 95.7 Å². The molecular formula is C11H21N3O2. The van der Waals surface area contributed by atoms with Crippen molar-refractivity contribution < 1.29 is 5.11 Å². The van der Waals surface area contributed by atoms with E-state index >= 15 is 0 Å². The Balaban J connectivity index is 3.19. The lowest BCUT2D eigenvalue weighted by Crippen LogP contribution is -2.38. The monoisotopic (exact) mass is 227 g/mol.